The lowest BCUT2D eigenvalue weighted by Gasteiger charge is -2.27. The molecule has 12 heavy (non-hydrogen) atoms. The van der Waals surface area contributed by atoms with E-state index in [0.717, 1.165) is 0 Å². The third-order valence-electron chi connectivity index (χ3n) is 1.83. The highest BCUT2D eigenvalue weighted by Crippen LogP contribution is 2.15. The molecular formula is C9H14O3. The Bertz CT molecular complexity index is 177. The summed E-state index contributed by atoms with van der Waals surface area (Å²) in [6.45, 7) is 3.43. The zero-order valence-corrected chi connectivity index (χ0v) is 6.89. The van der Waals surface area contributed by atoms with Crippen molar-refractivity contribution in [2.24, 2.45) is 0 Å². The quantitative estimate of drug-likeness (QED) is 0.596. The summed E-state index contributed by atoms with van der Waals surface area (Å²) < 4.78 is 5.33. The molecule has 3 heteroatoms. The number of hydrogen-bond acceptors (Lipinski definition) is 3. The minimum atomic E-state index is -0.684. The van der Waals surface area contributed by atoms with E-state index in [1.165, 1.54) is 0 Å². The van der Waals surface area contributed by atoms with Crippen LogP contribution < -0.4 is 0 Å². The fourth-order valence-electron chi connectivity index (χ4n) is 1.16. The first kappa shape index (κ1) is 9.45. The van der Waals surface area contributed by atoms with Crippen molar-refractivity contribution in [1.29, 1.82) is 0 Å². The third-order valence-corrected chi connectivity index (χ3v) is 1.83. The first-order chi connectivity index (χ1) is 5.77. The summed E-state index contributed by atoms with van der Waals surface area (Å²) in [6, 6.07) is 0. The molecule has 0 unspecified atom stereocenters. The molecule has 0 saturated heterocycles. The van der Waals surface area contributed by atoms with Crippen LogP contribution in [0.4, 0.5) is 0 Å². The molecule has 0 aromatic carbocycles. The number of rotatable bonds is 3. The molecule has 0 aliphatic carbocycles. The van der Waals surface area contributed by atoms with Crippen molar-refractivity contribution in [3.63, 3.8) is 0 Å². The van der Waals surface area contributed by atoms with Gasteiger partial charge >= 0.3 is 0 Å². The van der Waals surface area contributed by atoms with Gasteiger partial charge in [-0.15, -0.1) is 6.58 Å². The second-order valence-electron chi connectivity index (χ2n) is 2.80. The van der Waals surface area contributed by atoms with Crippen LogP contribution in [0.2, 0.25) is 0 Å². The Hall–Kier alpha value is -0.640. The van der Waals surface area contributed by atoms with Gasteiger partial charge in [-0.1, -0.05) is 18.2 Å². The minimum Gasteiger partial charge on any atom is -0.394 e. The predicted octanol–water partition coefficient (Wildman–Crippen LogP) is 0.239. The summed E-state index contributed by atoms with van der Waals surface area (Å²) >= 11 is 0. The van der Waals surface area contributed by atoms with Crippen molar-refractivity contribution in [1.82, 2.24) is 0 Å². The second kappa shape index (κ2) is 4.40. The van der Waals surface area contributed by atoms with E-state index in [0.29, 0.717) is 6.42 Å². The van der Waals surface area contributed by atoms with Gasteiger partial charge in [-0.05, 0) is 6.42 Å². The van der Waals surface area contributed by atoms with E-state index in [-0.39, 0.29) is 12.7 Å². The van der Waals surface area contributed by atoms with Crippen molar-refractivity contribution in [3.05, 3.63) is 24.8 Å². The van der Waals surface area contributed by atoms with Crippen molar-refractivity contribution in [2.75, 3.05) is 6.61 Å². The van der Waals surface area contributed by atoms with E-state index in [9.17, 15) is 5.11 Å². The lowest BCUT2D eigenvalue weighted by molar-refractivity contribution is -0.0779. The number of aliphatic hydroxyl groups is 2. The Labute approximate surface area is 72.0 Å². The molecule has 0 aromatic heterocycles. The zero-order chi connectivity index (χ0) is 8.97. The van der Waals surface area contributed by atoms with Gasteiger partial charge in [-0.2, -0.15) is 0 Å². The van der Waals surface area contributed by atoms with Gasteiger partial charge in [-0.25, -0.2) is 0 Å². The fraction of sp³-hybridized carbons (Fsp3) is 0.556. The van der Waals surface area contributed by atoms with Gasteiger partial charge < -0.3 is 14.9 Å². The maximum absolute atomic E-state index is 9.26. The van der Waals surface area contributed by atoms with E-state index in [1.54, 1.807) is 18.2 Å². The second-order valence-corrected chi connectivity index (χ2v) is 2.80. The largest absolute Gasteiger partial charge is 0.394 e. The van der Waals surface area contributed by atoms with Gasteiger partial charge in [0.2, 0.25) is 0 Å². The van der Waals surface area contributed by atoms with Crippen LogP contribution >= 0.6 is 0 Å². The monoisotopic (exact) mass is 170 g/mol. The molecule has 0 fully saturated rings. The standard InChI is InChI=1S/C9H14O3/c1-2-3-7-4-5-8(11)9(6-10)12-7/h2,4-5,7-11H,1,3,6H2/t7-,8-,9-/m0/s1. The molecule has 0 radical (unpaired) electrons. The number of hydrogen-bond donors (Lipinski definition) is 2. The van der Waals surface area contributed by atoms with Gasteiger partial charge in [0.15, 0.2) is 0 Å². The SMILES string of the molecule is C=CC[C@H]1C=C[C@H](O)[C@H](CO)O1. The Morgan fingerprint density at radius 3 is 2.83 bits per heavy atom. The van der Waals surface area contributed by atoms with Gasteiger partial charge in [-0.3, -0.25) is 0 Å². The Kier molecular flexibility index (Phi) is 3.47. The molecule has 2 N–H and O–H groups in total. The predicted molar refractivity (Wildman–Crippen MR) is 45.7 cm³/mol. The molecule has 1 heterocycles. The van der Waals surface area contributed by atoms with E-state index >= 15 is 0 Å². The molecule has 0 bridgehead atoms. The molecule has 68 valence electrons. The molecule has 1 rings (SSSR count). The topological polar surface area (TPSA) is 49.7 Å². The van der Waals surface area contributed by atoms with Gasteiger partial charge in [0.25, 0.3) is 0 Å². The first-order valence-electron chi connectivity index (χ1n) is 4.01. The van der Waals surface area contributed by atoms with Gasteiger partial charge in [0.05, 0.1) is 12.7 Å². The maximum atomic E-state index is 9.26. The molecule has 0 spiro atoms. The average molecular weight is 170 g/mol. The zero-order valence-electron chi connectivity index (χ0n) is 6.89. The van der Waals surface area contributed by atoms with Crippen molar-refractivity contribution < 1.29 is 14.9 Å². The van der Waals surface area contributed by atoms with Crippen LogP contribution in [0, 0.1) is 0 Å². The average Bonchev–Trinajstić information content (AvgIpc) is 2.09. The summed E-state index contributed by atoms with van der Waals surface area (Å²) in [5.41, 5.74) is 0. The molecule has 3 atom stereocenters. The van der Waals surface area contributed by atoms with E-state index < -0.39 is 12.2 Å². The molecule has 0 aromatic rings. The Balaban J connectivity index is 2.51. The van der Waals surface area contributed by atoms with Crippen LogP contribution in [-0.4, -0.2) is 35.1 Å². The smallest absolute Gasteiger partial charge is 0.111 e. The van der Waals surface area contributed by atoms with Crippen LogP contribution in [0.3, 0.4) is 0 Å². The van der Waals surface area contributed by atoms with Gasteiger partial charge in [0.1, 0.15) is 12.2 Å². The van der Waals surface area contributed by atoms with Gasteiger partial charge in [0, 0.05) is 0 Å². The van der Waals surface area contributed by atoms with E-state index in [1.807, 2.05) is 0 Å². The molecule has 0 saturated carbocycles. The highest BCUT2D eigenvalue weighted by molar-refractivity contribution is 5.03. The third kappa shape index (κ3) is 2.17. The number of ether oxygens (including phenoxy) is 1. The highest BCUT2D eigenvalue weighted by Gasteiger charge is 2.23. The lowest BCUT2D eigenvalue weighted by atomic mass is 10.1. The highest BCUT2D eigenvalue weighted by atomic mass is 16.5. The maximum Gasteiger partial charge on any atom is 0.111 e. The Morgan fingerprint density at radius 1 is 1.50 bits per heavy atom. The molecule has 1 aliphatic rings. The summed E-state index contributed by atoms with van der Waals surface area (Å²) in [6.07, 6.45) is 4.68. The van der Waals surface area contributed by atoms with Crippen molar-refractivity contribution in [2.45, 2.75) is 24.7 Å². The molecule has 3 nitrogen and oxygen atoms in total. The van der Waals surface area contributed by atoms with Crippen LogP contribution in [0.5, 0.6) is 0 Å². The summed E-state index contributed by atoms with van der Waals surface area (Å²) in [5, 5.41) is 18.1. The normalized spacial score (nSPS) is 35.0. The molecule has 1 aliphatic heterocycles. The number of aliphatic hydroxyl groups excluding tert-OH is 2. The fourth-order valence-corrected chi connectivity index (χ4v) is 1.16. The first-order valence-corrected chi connectivity index (χ1v) is 4.01. The van der Waals surface area contributed by atoms with Crippen LogP contribution in [0.25, 0.3) is 0 Å². The summed E-state index contributed by atoms with van der Waals surface area (Å²) in [7, 11) is 0. The van der Waals surface area contributed by atoms with Crippen molar-refractivity contribution in [3.8, 4) is 0 Å². The summed E-state index contributed by atoms with van der Waals surface area (Å²) in [4.78, 5) is 0. The lowest BCUT2D eigenvalue weighted by Crippen LogP contribution is -2.37. The van der Waals surface area contributed by atoms with Crippen LogP contribution in [-0.2, 0) is 4.74 Å². The van der Waals surface area contributed by atoms with Crippen molar-refractivity contribution >= 4 is 0 Å². The van der Waals surface area contributed by atoms with Crippen LogP contribution in [0.15, 0.2) is 24.8 Å². The van der Waals surface area contributed by atoms with E-state index in [2.05, 4.69) is 6.58 Å². The molecule has 0 amide bonds. The molecular weight excluding hydrogens is 156 g/mol. The Morgan fingerprint density at radius 2 is 2.25 bits per heavy atom. The van der Waals surface area contributed by atoms with Crippen LogP contribution in [0.1, 0.15) is 6.42 Å². The summed E-state index contributed by atoms with van der Waals surface area (Å²) in [5.74, 6) is 0. The minimum absolute atomic E-state index is 0.0527. The van der Waals surface area contributed by atoms with E-state index in [4.69, 9.17) is 9.84 Å².